The van der Waals surface area contributed by atoms with Crippen LogP contribution in [0.5, 0.6) is 5.75 Å². The van der Waals surface area contributed by atoms with Crippen LogP contribution < -0.4 is 4.74 Å². The topological polar surface area (TPSA) is 101 Å². The van der Waals surface area contributed by atoms with E-state index in [0.717, 1.165) is 11.6 Å². The summed E-state index contributed by atoms with van der Waals surface area (Å²) in [6, 6.07) is 10.6. The summed E-state index contributed by atoms with van der Waals surface area (Å²) in [6.07, 6.45) is -0.776. The van der Waals surface area contributed by atoms with Crippen molar-refractivity contribution in [3.05, 3.63) is 65.5 Å². The number of carboxylic acid groups (broad SMARTS) is 1. The summed E-state index contributed by atoms with van der Waals surface area (Å²) in [5.74, 6) is -1.10. The normalized spacial score (nSPS) is 15.9. The number of nitrogens with zero attached hydrogens (tertiary/aromatic N) is 3. The summed E-state index contributed by atoms with van der Waals surface area (Å²) >= 11 is 0. The minimum atomic E-state index is -4.55. The molecule has 1 N–H and O–H groups in total. The third-order valence-electron chi connectivity index (χ3n) is 6.47. The third kappa shape index (κ3) is 6.91. The fourth-order valence-corrected chi connectivity index (χ4v) is 4.58. The molecule has 0 bridgehead atoms. The Morgan fingerprint density at radius 1 is 1.15 bits per heavy atom. The van der Waals surface area contributed by atoms with E-state index in [1.807, 2.05) is 0 Å². The van der Waals surface area contributed by atoms with Crippen LogP contribution in [-0.4, -0.2) is 58.4 Å². The van der Waals surface area contributed by atoms with Crippen LogP contribution in [-0.2, 0) is 22.3 Å². The van der Waals surface area contributed by atoms with E-state index in [1.165, 1.54) is 25.3 Å². The van der Waals surface area contributed by atoms with E-state index in [-0.39, 0.29) is 5.56 Å². The number of benzene rings is 2. The Labute approximate surface area is 223 Å². The number of pyridine rings is 1. The van der Waals surface area contributed by atoms with Gasteiger partial charge in [0.15, 0.2) is 0 Å². The molecule has 2 aromatic carbocycles. The molecule has 39 heavy (non-hydrogen) atoms. The molecule has 1 aliphatic heterocycles. The van der Waals surface area contributed by atoms with Gasteiger partial charge in [0.25, 0.3) is 0 Å². The van der Waals surface area contributed by atoms with Gasteiger partial charge in [-0.05, 0) is 55.0 Å². The van der Waals surface area contributed by atoms with Gasteiger partial charge in [0.2, 0.25) is 0 Å². The number of carboxylic acids is 1. The second kappa shape index (κ2) is 11.4. The van der Waals surface area contributed by atoms with Gasteiger partial charge in [0.05, 0.1) is 17.9 Å². The fraction of sp³-hybridized carbons (Fsp3) is 0.357. The summed E-state index contributed by atoms with van der Waals surface area (Å²) in [6.45, 7) is 5.07. The first-order chi connectivity index (χ1) is 18.5. The maximum absolute atomic E-state index is 13.2. The zero-order valence-electron chi connectivity index (χ0n) is 21.5. The maximum atomic E-state index is 13.2. The average molecular weight is 544 g/mol. The smallest absolute Gasteiger partial charge is 0.433 e. The van der Waals surface area contributed by atoms with Crippen LogP contribution in [0.25, 0.3) is 10.8 Å². The van der Waals surface area contributed by atoms with Gasteiger partial charge in [0, 0.05) is 62.6 Å². The molecule has 1 aliphatic rings. The van der Waals surface area contributed by atoms with Crippen molar-refractivity contribution in [3.63, 3.8) is 0 Å². The Kier molecular flexibility index (Phi) is 8.19. The lowest BCUT2D eigenvalue weighted by Crippen LogP contribution is -2.47. The van der Waals surface area contributed by atoms with E-state index in [1.54, 1.807) is 37.4 Å². The molecule has 3 aromatic rings. The molecule has 1 fully saturated rings. The number of carbonyl (C=O) groups is 2. The van der Waals surface area contributed by atoms with Crippen molar-refractivity contribution in [2.75, 3.05) is 19.7 Å². The Bertz CT molecular complexity index is 1380. The van der Waals surface area contributed by atoms with E-state index >= 15 is 0 Å². The van der Waals surface area contributed by atoms with Crippen LogP contribution in [0.1, 0.15) is 48.3 Å². The number of ether oxygens (including phenoxy) is 2. The number of rotatable bonds is 8. The Morgan fingerprint density at radius 3 is 2.44 bits per heavy atom. The number of hydrogen-bond donors (Lipinski definition) is 1. The molecule has 8 nitrogen and oxygen atoms in total. The SMILES string of the molecule is CCOc1cc(CN2CCC(/C=N/c3ccc(C(=O)O)cc3)(OC(C)=O)CC2)cc2cnc(C(F)(F)F)cc12. The van der Waals surface area contributed by atoms with Gasteiger partial charge in [-0.2, -0.15) is 13.2 Å². The second-order valence-electron chi connectivity index (χ2n) is 9.36. The van der Waals surface area contributed by atoms with Crippen LogP contribution >= 0.6 is 0 Å². The Morgan fingerprint density at radius 2 is 1.85 bits per heavy atom. The molecular formula is C28H28F3N3O5. The van der Waals surface area contributed by atoms with E-state index in [2.05, 4.69) is 14.9 Å². The largest absolute Gasteiger partial charge is 0.493 e. The highest BCUT2D eigenvalue weighted by molar-refractivity contribution is 5.89. The van der Waals surface area contributed by atoms with Crippen molar-refractivity contribution in [2.24, 2.45) is 4.99 Å². The summed E-state index contributed by atoms with van der Waals surface area (Å²) in [4.78, 5) is 33.1. The molecule has 0 unspecified atom stereocenters. The van der Waals surface area contributed by atoms with Crippen LogP contribution in [0.4, 0.5) is 18.9 Å². The summed E-state index contributed by atoms with van der Waals surface area (Å²) in [5, 5.41) is 9.96. The zero-order valence-corrected chi connectivity index (χ0v) is 21.5. The minimum absolute atomic E-state index is 0.148. The molecule has 2 heterocycles. The van der Waals surface area contributed by atoms with Crippen LogP contribution in [0.15, 0.2) is 53.7 Å². The highest BCUT2D eigenvalue weighted by Gasteiger charge is 2.36. The molecule has 11 heteroatoms. The van der Waals surface area contributed by atoms with E-state index < -0.39 is 29.4 Å². The first-order valence-electron chi connectivity index (χ1n) is 12.4. The first-order valence-corrected chi connectivity index (χ1v) is 12.4. The lowest BCUT2D eigenvalue weighted by atomic mass is 9.91. The number of alkyl halides is 3. The van der Waals surface area contributed by atoms with Gasteiger partial charge in [-0.25, -0.2) is 4.79 Å². The van der Waals surface area contributed by atoms with Crippen molar-refractivity contribution in [1.29, 1.82) is 0 Å². The van der Waals surface area contributed by atoms with E-state index in [4.69, 9.17) is 14.6 Å². The molecule has 0 amide bonds. The van der Waals surface area contributed by atoms with Crippen LogP contribution in [0.2, 0.25) is 0 Å². The minimum Gasteiger partial charge on any atom is -0.493 e. The lowest BCUT2D eigenvalue weighted by molar-refractivity contribution is -0.153. The van der Waals surface area contributed by atoms with Gasteiger partial charge < -0.3 is 14.6 Å². The number of fused-ring (bicyclic) bond motifs is 1. The molecule has 206 valence electrons. The molecular weight excluding hydrogens is 515 g/mol. The van der Waals surface area contributed by atoms with Crippen molar-refractivity contribution >= 4 is 34.6 Å². The molecule has 0 spiro atoms. The standard InChI is InChI=1S/C28H28F3N3O5/c1-3-38-24-13-19(12-21-15-32-25(14-23(21)24)28(29,30)31)16-34-10-8-27(9-11-34,39-18(2)35)17-33-22-6-4-20(5-7-22)26(36)37/h4-7,12-15,17H,3,8-11,16H2,1-2H3,(H,36,37)/b33-17+. The molecule has 0 atom stereocenters. The number of aromatic nitrogens is 1. The van der Waals surface area contributed by atoms with Gasteiger partial charge in [-0.1, -0.05) is 0 Å². The van der Waals surface area contributed by atoms with Crippen molar-refractivity contribution < 1.29 is 37.3 Å². The number of aromatic carboxylic acids is 1. The monoisotopic (exact) mass is 543 g/mol. The van der Waals surface area contributed by atoms with Gasteiger partial charge >= 0.3 is 18.1 Å². The van der Waals surface area contributed by atoms with E-state index in [9.17, 15) is 22.8 Å². The Hall–Kier alpha value is -3.99. The highest BCUT2D eigenvalue weighted by atomic mass is 19.4. The fourth-order valence-electron chi connectivity index (χ4n) is 4.58. The maximum Gasteiger partial charge on any atom is 0.433 e. The van der Waals surface area contributed by atoms with Gasteiger partial charge in [-0.15, -0.1) is 0 Å². The number of hydrogen-bond acceptors (Lipinski definition) is 7. The number of likely N-dealkylation sites (tertiary alicyclic amines) is 1. The predicted molar refractivity (Wildman–Crippen MR) is 138 cm³/mol. The average Bonchev–Trinajstić information content (AvgIpc) is 2.88. The zero-order chi connectivity index (χ0) is 28.2. The van der Waals surface area contributed by atoms with Crippen molar-refractivity contribution in [2.45, 2.75) is 45.0 Å². The predicted octanol–water partition coefficient (Wildman–Crippen LogP) is 5.65. The number of halogens is 3. The van der Waals surface area contributed by atoms with E-state index in [0.29, 0.717) is 61.3 Å². The molecule has 0 aliphatic carbocycles. The molecule has 1 saturated heterocycles. The quantitative estimate of drug-likeness (QED) is 0.289. The highest BCUT2D eigenvalue weighted by Crippen LogP contribution is 2.35. The molecule has 0 radical (unpaired) electrons. The number of piperidine rings is 1. The molecule has 0 saturated carbocycles. The summed E-state index contributed by atoms with van der Waals surface area (Å²) in [5.41, 5.74) is -0.336. The van der Waals surface area contributed by atoms with Gasteiger partial charge in [0.1, 0.15) is 17.0 Å². The molecule has 1 aromatic heterocycles. The number of esters is 1. The number of aliphatic imine (C=N–C) groups is 1. The lowest BCUT2D eigenvalue weighted by Gasteiger charge is -2.38. The van der Waals surface area contributed by atoms with Crippen molar-refractivity contribution in [1.82, 2.24) is 9.88 Å². The summed E-state index contributed by atoms with van der Waals surface area (Å²) in [7, 11) is 0. The second-order valence-corrected chi connectivity index (χ2v) is 9.36. The molecule has 4 rings (SSSR count). The van der Waals surface area contributed by atoms with Crippen molar-refractivity contribution in [3.8, 4) is 5.75 Å². The summed E-state index contributed by atoms with van der Waals surface area (Å²) < 4.78 is 50.9. The van der Waals surface area contributed by atoms with Crippen LogP contribution in [0.3, 0.4) is 0 Å². The Balaban J connectivity index is 1.50. The van der Waals surface area contributed by atoms with Crippen LogP contribution in [0, 0.1) is 0 Å². The van der Waals surface area contributed by atoms with Gasteiger partial charge in [-0.3, -0.25) is 19.7 Å². The first kappa shape index (κ1) is 28.0. The number of carbonyl (C=O) groups excluding carboxylic acids is 1. The third-order valence-corrected chi connectivity index (χ3v) is 6.47.